The number of nitrogens with zero attached hydrogens (tertiary/aromatic N) is 1. The summed E-state index contributed by atoms with van der Waals surface area (Å²) in [5.41, 5.74) is 1.21. The van der Waals surface area contributed by atoms with Gasteiger partial charge in [0.2, 0.25) is 11.8 Å². The number of nitrogens with one attached hydrogen (secondary N) is 2. The van der Waals surface area contributed by atoms with E-state index in [-0.39, 0.29) is 35.9 Å². The van der Waals surface area contributed by atoms with Gasteiger partial charge in [-0.2, -0.15) is 13.2 Å². The lowest BCUT2D eigenvalue weighted by Crippen LogP contribution is -2.52. The van der Waals surface area contributed by atoms with Crippen molar-refractivity contribution >= 4 is 17.5 Å². The average molecular weight is 568 g/mol. The van der Waals surface area contributed by atoms with Crippen LogP contribution in [-0.2, 0) is 23.8 Å². The number of fused-ring (bicyclic) bond motifs is 1. The number of alkyl halides is 3. The van der Waals surface area contributed by atoms with Crippen molar-refractivity contribution in [1.82, 2.24) is 15.6 Å². The monoisotopic (exact) mass is 567 g/mol. The van der Waals surface area contributed by atoms with Crippen LogP contribution in [0.5, 0.6) is 5.88 Å². The van der Waals surface area contributed by atoms with Gasteiger partial charge in [0.25, 0.3) is 0 Å². The molecular weight excluding hydrogens is 531 g/mol. The Hall–Kier alpha value is -2.36. The van der Waals surface area contributed by atoms with Crippen molar-refractivity contribution in [2.75, 3.05) is 6.54 Å². The average Bonchev–Trinajstić information content (AvgIpc) is 2.80. The second-order valence-electron chi connectivity index (χ2n) is 12.2. The fraction of sp³-hybridized carbons (Fsp3) is 0.586. The summed E-state index contributed by atoms with van der Waals surface area (Å²) >= 11 is 5.76. The zero-order valence-corrected chi connectivity index (χ0v) is 23.5. The van der Waals surface area contributed by atoms with Gasteiger partial charge in [0.1, 0.15) is 5.60 Å². The summed E-state index contributed by atoms with van der Waals surface area (Å²) in [6.45, 7) is 7.93. The van der Waals surface area contributed by atoms with Crippen molar-refractivity contribution in [1.29, 1.82) is 0 Å². The second kappa shape index (κ2) is 11.3. The zero-order chi connectivity index (χ0) is 28.6. The third-order valence-electron chi connectivity index (χ3n) is 7.42. The Morgan fingerprint density at radius 1 is 1.23 bits per heavy atom. The fourth-order valence-corrected chi connectivity index (χ4v) is 5.69. The summed E-state index contributed by atoms with van der Waals surface area (Å²) in [6, 6.07) is 4.81. The highest BCUT2D eigenvalue weighted by atomic mass is 35.5. The summed E-state index contributed by atoms with van der Waals surface area (Å²) in [5, 5.41) is 16.9. The van der Waals surface area contributed by atoms with Crippen LogP contribution in [0.15, 0.2) is 30.5 Å². The first-order chi connectivity index (χ1) is 18.1. The van der Waals surface area contributed by atoms with Gasteiger partial charge in [-0.1, -0.05) is 38.4 Å². The van der Waals surface area contributed by atoms with Crippen LogP contribution in [0.25, 0.3) is 0 Å². The number of hydrogen-bond acceptors (Lipinski definition) is 5. The molecule has 39 heavy (non-hydrogen) atoms. The smallest absolute Gasteiger partial charge is 0.417 e. The quantitative estimate of drug-likeness (QED) is 0.376. The molecule has 2 heterocycles. The molecule has 1 aromatic carbocycles. The number of carbonyl (C=O) groups is 1. The standard InChI is InChI=1S/C29H37ClF3N3O3/c1-17(37)36-23(12-18-6-7-22(30)21(11-18)29(31,32)33)25(38)16-34-24-14-28(8-5-9-28)39-26-20(24)10-19(15-35-26)13-27(2,3)4/h6-7,10-11,15,23-25,34,38H,5,8-9,12-14,16H2,1-4H3,(H,36,37)/t23-,24-,25-/m0/s1. The van der Waals surface area contributed by atoms with Crippen LogP contribution in [0.2, 0.25) is 5.02 Å². The van der Waals surface area contributed by atoms with Crippen LogP contribution in [0.4, 0.5) is 13.2 Å². The van der Waals surface area contributed by atoms with E-state index < -0.39 is 28.9 Å². The minimum Gasteiger partial charge on any atom is -0.471 e. The Morgan fingerprint density at radius 3 is 2.54 bits per heavy atom. The van der Waals surface area contributed by atoms with Crippen molar-refractivity contribution in [3.05, 3.63) is 57.7 Å². The number of benzene rings is 1. The maximum absolute atomic E-state index is 13.4. The minimum atomic E-state index is -4.61. The number of halogens is 4. The molecule has 2 aliphatic rings. The Bertz CT molecular complexity index is 1190. The summed E-state index contributed by atoms with van der Waals surface area (Å²) in [7, 11) is 0. The van der Waals surface area contributed by atoms with Crippen LogP contribution in [-0.4, -0.2) is 40.3 Å². The predicted molar refractivity (Wildman–Crippen MR) is 144 cm³/mol. The van der Waals surface area contributed by atoms with Crippen molar-refractivity contribution < 1.29 is 27.8 Å². The number of aliphatic hydroxyl groups is 1. The molecule has 3 atom stereocenters. The first-order valence-electron chi connectivity index (χ1n) is 13.4. The zero-order valence-electron chi connectivity index (χ0n) is 22.8. The molecule has 1 amide bonds. The van der Waals surface area contributed by atoms with E-state index in [9.17, 15) is 23.1 Å². The maximum Gasteiger partial charge on any atom is 0.417 e. The Kier molecular flexibility index (Phi) is 8.55. The molecule has 3 N–H and O–H groups in total. The van der Waals surface area contributed by atoms with Gasteiger partial charge >= 0.3 is 6.18 Å². The van der Waals surface area contributed by atoms with Gasteiger partial charge in [-0.25, -0.2) is 4.98 Å². The van der Waals surface area contributed by atoms with Crippen molar-refractivity contribution in [3.63, 3.8) is 0 Å². The number of hydrogen-bond donors (Lipinski definition) is 3. The van der Waals surface area contributed by atoms with Gasteiger partial charge < -0.3 is 20.5 Å². The molecule has 1 spiro atoms. The Balaban J connectivity index is 1.52. The molecule has 1 aliphatic heterocycles. The summed E-state index contributed by atoms with van der Waals surface area (Å²) in [5.74, 6) is 0.217. The molecule has 0 radical (unpaired) electrons. The molecule has 4 rings (SSSR count). The lowest BCUT2D eigenvalue weighted by Gasteiger charge is -2.47. The predicted octanol–water partition coefficient (Wildman–Crippen LogP) is 5.79. The van der Waals surface area contributed by atoms with Crippen LogP contribution >= 0.6 is 11.6 Å². The summed E-state index contributed by atoms with van der Waals surface area (Å²) < 4.78 is 46.4. The maximum atomic E-state index is 13.4. The van der Waals surface area contributed by atoms with Gasteiger partial charge in [-0.05, 0) is 66.8 Å². The number of ether oxygens (including phenoxy) is 1. The first kappa shape index (κ1) is 29.6. The number of amides is 1. The number of pyridine rings is 1. The molecule has 2 aromatic rings. The van der Waals surface area contributed by atoms with Crippen molar-refractivity contribution in [2.45, 2.75) is 96.2 Å². The van der Waals surface area contributed by atoms with Crippen LogP contribution in [0.3, 0.4) is 0 Å². The number of aliphatic hydroxyl groups excluding tert-OH is 1. The topological polar surface area (TPSA) is 83.5 Å². The van der Waals surface area contributed by atoms with E-state index in [1.165, 1.54) is 19.1 Å². The molecule has 10 heteroatoms. The van der Waals surface area contributed by atoms with E-state index in [1.54, 1.807) is 0 Å². The van der Waals surface area contributed by atoms with E-state index >= 15 is 0 Å². The van der Waals surface area contributed by atoms with E-state index in [0.29, 0.717) is 11.4 Å². The van der Waals surface area contributed by atoms with Crippen LogP contribution in [0.1, 0.15) is 81.7 Å². The van der Waals surface area contributed by atoms with Gasteiger partial charge in [-0.3, -0.25) is 4.79 Å². The molecular formula is C29H37ClF3N3O3. The highest BCUT2D eigenvalue weighted by Gasteiger charge is 2.46. The highest BCUT2D eigenvalue weighted by molar-refractivity contribution is 6.31. The lowest BCUT2D eigenvalue weighted by molar-refractivity contribution is -0.137. The molecule has 1 aromatic heterocycles. The highest BCUT2D eigenvalue weighted by Crippen LogP contribution is 2.48. The van der Waals surface area contributed by atoms with Gasteiger partial charge in [0.15, 0.2) is 0 Å². The molecule has 1 saturated carbocycles. The van der Waals surface area contributed by atoms with E-state index in [4.69, 9.17) is 16.3 Å². The molecule has 6 nitrogen and oxygen atoms in total. The largest absolute Gasteiger partial charge is 0.471 e. The molecule has 0 saturated heterocycles. The van der Waals surface area contributed by atoms with Crippen LogP contribution < -0.4 is 15.4 Å². The molecule has 214 valence electrons. The first-order valence-corrected chi connectivity index (χ1v) is 13.7. The second-order valence-corrected chi connectivity index (χ2v) is 12.6. The van der Waals surface area contributed by atoms with E-state index in [0.717, 1.165) is 49.3 Å². The SMILES string of the molecule is CC(=O)N[C@@H](Cc1ccc(Cl)c(C(F)(F)F)c1)[C@@H](O)CN[C@H]1CC2(CCC2)Oc2ncc(CC(C)(C)C)cc21. The van der Waals surface area contributed by atoms with E-state index in [2.05, 4.69) is 42.5 Å². The van der Waals surface area contributed by atoms with Gasteiger partial charge in [0, 0.05) is 37.7 Å². The Labute approximate surface area is 232 Å². The van der Waals surface area contributed by atoms with E-state index in [1.807, 2.05) is 6.20 Å². The summed E-state index contributed by atoms with van der Waals surface area (Å²) in [6.07, 6.45) is 0.729. The third-order valence-corrected chi connectivity index (χ3v) is 7.75. The lowest BCUT2D eigenvalue weighted by atomic mass is 9.73. The number of carbonyl (C=O) groups excluding carboxylic acids is 1. The number of rotatable bonds is 8. The van der Waals surface area contributed by atoms with Gasteiger partial charge in [-0.15, -0.1) is 0 Å². The molecule has 0 unspecified atom stereocenters. The normalized spacial score (nSPS) is 20.0. The van der Waals surface area contributed by atoms with Gasteiger partial charge in [0.05, 0.1) is 22.7 Å². The minimum absolute atomic E-state index is 0.00820. The Morgan fingerprint density at radius 2 is 1.95 bits per heavy atom. The molecule has 1 aliphatic carbocycles. The van der Waals surface area contributed by atoms with Crippen molar-refractivity contribution in [3.8, 4) is 5.88 Å². The molecule has 0 bridgehead atoms. The third kappa shape index (κ3) is 7.44. The van der Waals surface area contributed by atoms with Crippen molar-refractivity contribution in [2.24, 2.45) is 5.41 Å². The fourth-order valence-electron chi connectivity index (χ4n) is 5.47. The molecule has 1 fully saturated rings. The summed E-state index contributed by atoms with van der Waals surface area (Å²) in [4.78, 5) is 16.6. The van der Waals surface area contributed by atoms with Crippen LogP contribution in [0, 0.1) is 5.41 Å². The number of aromatic nitrogens is 1.